The summed E-state index contributed by atoms with van der Waals surface area (Å²) in [6, 6.07) is 0.0336. The lowest BCUT2D eigenvalue weighted by Gasteiger charge is -2.38. The molecular weight excluding hydrogens is 332 g/mol. The molecule has 8 heteroatoms. The Morgan fingerprint density at radius 3 is 2.38 bits per heavy atom. The van der Waals surface area contributed by atoms with Gasteiger partial charge in [0.2, 0.25) is 11.8 Å². The fourth-order valence-electron chi connectivity index (χ4n) is 3.29. The van der Waals surface area contributed by atoms with E-state index in [1.54, 1.807) is 20.2 Å². The molecule has 1 unspecified atom stereocenters. The highest BCUT2D eigenvalue weighted by Crippen LogP contribution is 2.18. The highest BCUT2D eigenvalue weighted by Gasteiger charge is 2.33. The smallest absolute Gasteiger partial charge is 0.243 e. The van der Waals surface area contributed by atoms with Crippen LogP contribution < -0.4 is 5.32 Å². The predicted octanol–water partition coefficient (Wildman–Crippen LogP) is -0.555. The Bertz CT molecular complexity index is 540. The Labute approximate surface area is 156 Å². The van der Waals surface area contributed by atoms with Gasteiger partial charge in [0.05, 0.1) is 6.04 Å². The minimum absolute atomic E-state index is 0.0336. The van der Waals surface area contributed by atoms with E-state index in [4.69, 9.17) is 0 Å². The van der Waals surface area contributed by atoms with Gasteiger partial charge in [-0.15, -0.1) is 6.58 Å². The first kappa shape index (κ1) is 20.2. The van der Waals surface area contributed by atoms with Gasteiger partial charge in [-0.1, -0.05) is 6.08 Å². The van der Waals surface area contributed by atoms with Crippen molar-refractivity contribution in [2.45, 2.75) is 18.9 Å². The number of aliphatic imine (C=N–C) groups is 1. The first-order chi connectivity index (χ1) is 12.4. The Kier molecular flexibility index (Phi) is 7.44. The number of guanidine groups is 1. The van der Waals surface area contributed by atoms with E-state index in [0.29, 0.717) is 38.7 Å². The largest absolute Gasteiger partial charge is 0.353 e. The molecule has 0 aliphatic carbocycles. The van der Waals surface area contributed by atoms with E-state index in [1.165, 1.54) is 4.90 Å². The number of likely N-dealkylation sites (N-methyl/N-ethyl adjacent to an activating group) is 2. The van der Waals surface area contributed by atoms with Crippen LogP contribution in [0.3, 0.4) is 0 Å². The van der Waals surface area contributed by atoms with Gasteiger partial charge in [-0.25, -0.2) is 4.99 Å². The second-order valence-corrected chi connectivity index (χ2v) is 7.05. The van der Waals surface area contributed by atoms with Crippen LogP contribution in [0, 0.1) is 0 Å². The summed E-state index contributed by atoms with van der Waals surface area (Å²) < 4.78 is 0. The summed E-state index contributed by atoms with van der Waals surface area (Å²) in [5, 5.41) is 3.22. The predicted molar refractivity (Wildman–Crippen MR) is 103 cm³/mol. The molecule has 2 fully saturated rings. The first-order valence-corrected chi connectivity index (χ1v) is 9.27. The van der Waals surface area contributed by atoms with Gasteiger partial charge in [-0.2, -0.15) is 0 Å². The quantitative estimate of drug-likeness (QED) is 0.402. The molecule has 2 aliphatic heterocycles. The number of rotatable bonds is 5. The molecule has 0 aromatic carbocycles. The lowest BCUT2D eigenvalue weighted by Crippen LogP contribution is -2.56. The number of hydrogen-bond acceptors (Lipinski definition) is 4. The van der Waals surface area contributed by atoms with E-state index in [2.05, 4.69) is 26.7 Å². The molecule has 8 nitrogen and oxygen atoms in total. The minimum atomic E-state index is -0.0408. The maximum Gasteiger partial charge on any atom is 0.243 e. The molecule has 1 atom stereocenters. The third kappa shape index (κ3) is 5.20. The van der Waals surface area contributed by atoms with Crippen molar-refractivity contribution < 1.29 is 9.59 Å². The van der Waals surface area contributed by atoms with Gasteiger partial charge in [0, 0.05) is 46.8 Å². The minimum Gasteiger partial charge on any atom is -0.353 e. The maximum absolute atomic E-state index is 12.7. The summed E-state index contributed by atoms with van der Waals surface area (Å²) in [5.41, 5.74) is 0. The van der Waals surface area contributed by atoms with Gasteiger partial charge in [0.25, 0.3) is 0 Å². The summed E-state index contributed by atoms with van der Waals surface area (Å²) in [6.45, 7) is 8.19. The van der Waals surface area contributed by atoms with E-state index in [1.807, 2.05) is 11.9 Å². The lowest BCUT2D eigenvalue weighted by atomic mass is 10.2. The fraction of sp³-hybridized carbons (Fsp3) is 0.722. The first-order valence-electron chi connectivity index (χ1n) is 9.27. The standard InChI is InChI=1S/C18H32N6O2/c1-5-8-19-18(20-14-16(25)21(2)3)24-12-10-23(11-13-24)17(26)15-7-6-9-22(15)4/h5,15H,1,6-14H2,2-4H3,(H,19,20). The average molecular weight is 364 g/mol. The molecule has 0 bridgehead atoms. The highest BCUT2D eigenvalue weighted by molar-refractivity contribution is 5.85. The molecule has 0 spiro atoms. The van der Waals surface area contributed by atoms with Crippen LogP contribution >= 0.6 is 0 Å². The SMILES string of the molecule is C=CCNC(=NCC(=O)N(C)C)N1CCN(C(=O)C2CCCN2C)CC1. The number of piperazine rings is 1. The summed E-state index contributed by atoms with van der Waals surface area (Å²) >= 11 is 0. The molecule has 0 aromatic rings. The van der Waals surface area contributed by atoms with Crippen molar-refractivity contribution >= 4 is 17.8 Å². The Morgan fingerprint density at radius 2 is 1.85 bits per heavy atom. The average Bonchev–Trinajstić information content (AvgIpc) is 3.07. The molecule has 0 saturated carbocycles. The summed E-state index contributed by atoms with van der Waals surface area (Å²) in [7, 11) is 5.47. The Morgan fingerprint density at radius 1 is 1.19 bits per heavy atom. The van der Waals surface area contributed by atoms with Crippen molar-refractivity contribution in [1.82, 2.24) is 24.9 Å². The number of likely N-dealkylation sites (tertiary alicyclic amines) is 1. The van der Waals surface area contributed by atoms with Crippen molar-refractivity contribution in [2.75, 3.05) is 67.0 Å². The van der Waals surface area contributed by atoms with Crippen LogP contribution in [0.4, 0.5) is 0 Å². The third-order valence-electron chi connectivity index (χ3n) is 4.96. The van der Waals surface area contributed by atoms with Gasteiger partial charge in [0.15, 0.2) is 5.96 Å². The van der Waals surface area contributed by atoms with Crippen LogP contribution in [0.25, 0.3) is 0 Å². The number of nitrogens with one attached hydrogen (secondary N) is 1. The van der Waals surface area contributed by atoms with Crippen molar-refractivity contribution in [1.29, 1.82) is 0 Å². The molecule has 2 heterocycles. The molecule has 2 rings (SSSR count). The van der Waals surface area contributed by atoms with Crippen molar-refractivity contribution in [3.8, 4) is 0 Å². The van der Waals surface area contributed by atoms with Gasteiger partial charge in [0.1, 0.15) is 6.54 Å². The van der Waals surface area contributed by atoms with E-state index in [9.17, 15) is 9.59 Å². The van der Waals surface area contributed by atoms with Crippen molar-refractivity contribution in [3.05, 3.63) is 12.7 Å². The van der Waals surface area contributed by atoms with Crippen LogP contribution in [0.2, 0.25) is 0 Å². The zero-order valence-electron chi connectivity index (χ0n) is 16.3. The van der Waals surface area contributed by atoms with Gasteiger partial charge >= 0.3 is 0 Å². The summed E-state index contributed by atoms with van der Waals surface area (Å²) in [6.07, 6.45) is 3.81. The fourth-order valence-corrected chi connectivity index (χ4v) is 3.29. The van der Waals surface area contributed by atoms with Crippen molar-refractivity contribution in [2.24, 2.45) is 4.99 Å². The topological polar surface area (TPSA) is 71.5 Å². The number of nitrogens with zero attached hydrogens (tertiary/aromatic N) is 5. The molecule has 1 N–H and O–H groups in total. The van der Waals surface area contributed by atoms with Crippen LogP contribution in [0.15, 0.2) is 17.6 Å². The molecular formula is C18H32N6O2. The Hall–Kier alpha value is -2.09. The third-order valence-corrected chi connectivity index (χ3v) is 4.96. The number of amides is 2. The maximum atomic E-state index is 12.7. The van der Waals surface area contributed by atoms with E-state index in [-0.39, 0.29) is 24.4 Å². The van der Waals surface area contributed by atoms with E-state index < -0.39 is 0 Å². The second-order valence-electron chi connectivity index (χ2n) is 7.05. The van der Waals surface area contributed by atoms with Gasteiger partial charge < -0.3 is 20.0 Å². The van der Waals surface area contributed by atoms with Crippen molar-refractivity contribution in [3.63, 3.8) is 0 Å². The zero-order valence-corrected chi connectivity index (χ0v) is 16.3. The number of carbonyl (C=O) groups is 2. The van der Waals surface area contributed by atoms with Gasteiger partial charge in [-0.05, 0) is 26.4 Å². The summed E-state index contributed by atoms with van der Waals surface area (Å²) in [4.78, 5) is 36.7. The zero-order chi connectivity index (χ0) is 19.1. The van der Waals surface area contributed by atoms with Gasteiger partial charge in [-0.3, -0.25) is 14.5 Å². The highest BCUT2D eigenvalue weighted by atomic mass is 16.2. The molecule has 2 aliphatic rings. The van der Waals surface area contributed by atoms with E-state index >= 15 is 0 Å². The number of carbonyl (C=O) groups excluding carboxylic acids is 2. The molecule has 146 valence electrons. The number of hydrogen-bond donors (Lipinski definition) is 1. The molecule has 2 amide bonds. The normalized spacial score (nSPS) is 21.7. The van der Waals surface area contributed by atoms with E-state index in [0.717, 1.165) is 19.4 Å². The second kappa shape index (κ2) is 9.56. The monoisotopic (exact) mass is 364 g/mol. The van der Waals surface area contributed by atoms with Crippen LogP contribution in [0.5, 0.6) is 0 Å². The molecule has 0 aromatic heterocycles. The lowest BCUT2D eigenvalue weighted by molar-refractivity contribution is -0.136. The van der Waals surface area contributed by atoms with Crippen LogP contribution in [-0.2, 0) is 9.59 Å². The molecule has 26 heavy (non-hydrogen) atoms. The van der Waals surface area contributed by atoms with Crippen LogP contribution in [-0.4, -0.2) is 110 Å². The summed E-state index contributed by atoms with van der Waals surface area (Å²) in [5.74, 6) is 0.899. The molecule has 0 radical (unpaired) electrons. The van der Waals surface area contributed by atoms with Crippen LogP contribution in [0.1, 0.15) is 12.8 Å². The Balaban J connectivity index is 1.93. The molecule has 2 saturated heterocycles.